The first-order chi connectivity index (χ1) is 6.93. The monoisotopic (exact) mass is 207 g/mol. The van der Waals surface area contributed by atoms with E-state index < -0.39 is 0 Å². The highest BCUT2D eigenvalue weighted by molar-refractivity contribution is 8.00. The van der Waals surface area contributed by atoms with Crippen LogP contribution in [-0.2, 0) is 6.42 Å². The first kappa shape index (κ1) is 8.48. The van der Waals surface area contributed by atoms with Gasteiger partial charge in [0.1, 0.15) is 5.75 Å². The highest BCUT2D eigenvalue weighted by atomic mass is 32.2. The molecule has 14 heavy (non-hydrogen) atoms. The SMILES string of the molecule is c1cc(NC2CSC2)c2c(c1)OCC2. The van der Waals surface area contributed by atoms with Crippen LogP contribution in [0, 0.1) is 0 Å². The molecule has 0 aromatic heterocycles. The molecule has 0 bridgehead atoms. The van der Waals surface area contributed by atoms with Crippen molar-refractivity contribution >= 4 is 17.4 Å². The van der Waals surface area contributed by atoms with Gasteiger partial charge in [0.2, 0.25) is 0 Å². The van der Waals surface area contributed by atoms with Gasteiger partial charge >= 0.3 is 0 Å². The van der Waals surface area contributed by atoms with Gasteiger partial charge in [-0.3, -0.25) is 0 Å². The van der Waals surface area contributed by atoms with Crippen LogP contribution >= 0.6 is 11.8 Å². The molecule has 1 N–H and O–H groups in total. The molecular weight excluding hydrogens is 194 g/mol. The standard InChI is InChI=1S/C11H13NOS/c1-2-10(12-8-6-14-7-8)9-4-5-13-11(9)3-1/h1-3,8,12H,4-7H2. The first-order valence-electron chi connectivity index (χ1n) is 5.02. The third-order valence-corrected chi connectivity index (χ3v) is 4.02. The summed E-state index contributed by atoms with van der Waals surface area (Å²) in [6.45, 7) is 0.841. The van der Waals surface area contributed by atoms with Crippen molar-refractivity contribution in [2.45, 2.75) is 12.5 Å². The lowest BCUT2D eigenvalue weighted by Crippen LogP contribution is -2.33. The molecule has 3 rings (SSSR count). The molecule has 2 aliphatic rings. The van der Waals surface area contributed by atoms with Crippen LogP contribution in [-0.4, -0.2) is 24.2 Å². The molecule has 2 heterocycles. The molecule has 0 saturated carbocycles. The Hall–Kier alpha value is -0.830. The summed E-state index contributed by atoms with van der Waals surface area (Å²) in [7, 11) is 0. The van der Waals surface area contributed by atoms with E-state index in [4.69, 9.17) is 4.74 Å². The number of ether oxygens (including phenoxy) is 1. The summed E-state index contributed by atoms with van der Waals surface area (Å²) < 4.78 is 5.53. The molecule has 0 aliphatic carbocycles. The van der Waals surface area contributed by atoms with Crippen molar-refractivity contribution in [2.24, 2.45) is 0 Å². The van der Waals surface area contributed by atoms with E-state index in [9.17, 15) is 0 Å². The van der Waals surface area contributed by atoms with Gasteiger partial charge in [-0.1, -0.05) is 6.07 Å². The van der Waals surface area contributed by atoms with Crippen molar-refractivity contribution in [3.63, 3.8) is 0 Å². The Morgan fingerprint density at radius 2 is 2.29 bits per heavy atom. The summed E-state index contributed by atoms with van der Waals surface area (Å²) in [5, 5.41) is 3.58. The molecule has 1 saturated heterocycles. The maximum Gasteiger partial charge on any atom is 0.124 e. The smallest absolute Gasteiger partial charge is 0.124 e. The second kappa shape index (κ2) is 3.39. The molecule has 0 unspecified atom stereocenters. The van der Waals surface area contributed by atoms with E-state index in [1.807, 2.05) is 11.8 Å². The zero-order chi connectivity index (χ0) is 9.38. The van der Waals surface area contributed by atoms with Crippen LogP contribution < -0.4 is 10.1 Å². The summed E-state index contributed by atoms with van der Waals surface area (Å²) in [5.41, 5.74) is 2.65. The maximum absolute atomic E-state index is 5.53. The zero-order valence-corrected chi connectivity index (χ0v) is 8.77. The number of rotatable bonds is 2. The largest absolute Gasteiger partial charge is 0.493 e. The van der Waals surface area contributed by atoms with Gasteiger partial charge in [-0.2, -0.15) is 11.8 Å². The predicted octanol–water partition coefficient (Wildman–Crippen LogP) is 2.15. The van der Waals surface area contributed by atoms with Crippen molar-refractivity contribution in [3.8, 4) is 5.75 Å². The quantitative estimate of drug-likeness (QED) is 0.803. The fraction of sp³-hybridized carbons (Fsp3) is 0.455. The van der Waals surface area contributed by atoms with E-state index in [1.165, 1.54) is 22.8 Å². The Kier molecular flexibility index (Phi) is 2.05. The van der Waals surface area contributed by atoms with Gasteiger partial charge in [0.25, 0.3) is 0 Å². The molecule has 1 fully saturated rings. The highest BCUT2D eigenvalue weighted by Crippen LogP contribution is 2.33. The van der Waals surface area contributed by atoms with Gasteiger partial charge in [0, 0.05) is 35.2 Å². The van der Waals surface area contributed by atoms with Crippen LogP contribution in [0.15, 0.2) is 18.2 Å². The average molecular weight is 207 g/mol. The minimum absolute atomic E-state index is 0.673. The molecule has 2 aliphatic heterocycles. The van der Waals surface area contributed by atoms with Crippen LogP contribution in [0.5, 0.6) is 5.75 Å². The number of hydrogen-bond acceptors (Lipinski definition) is 3. The van der Waals surface area contributed by atoms with Crippen LogP contribution in [0.3, 0.4) is 0 Å². The molecule has 74 valence electrons. The lowest BCUT2D eigenvalue weighted by atomic mass is 10.1. The normalized spacial score (nSPS) is 19.7. The van der Waals surface area contributed by atoms with E-state index >= 15 is 0 Å². The Morgan fingerprint density at radius 1 is 1.36 bits per heavy atom. The fourth-order valence-corrected chi connectivity index (χ4v) is 2.53. The Labute approximate surface area is 88.0 Å². The first-order valence-corrected chi connectivity index (χ1v) is 6.18. The average Bonchev–Trinajstić information content (AvgIpc) is 2.59. The Balaban J connectivity index is 1.85. The number of hydrogen-bond donors (Lipinski definition) is 1. The lowest BCUT2D eigenvalue weighted by molar-refractivity contribution is 0.357. The topological polar surface area (TPSA) is 21.3 Å². The summed E-state index contributed by atoms with van der Waals surface area (Å²) in [5.74, 6) is 3.55. The summed E-state index contributed by atoms with van der Waals surface area (Å²) >= 11 is 2.00. The predicted molar refractivity (Wildman–Crippen MR) is 60.4 cm³/mol. The van der Waals surface area contributed by atoms with Crippen molar-refractivity contribution < 1.29 is 4.74 Å². The number of thioether (sulfide) groups is 1. The van der Waals surface area contributed by atoms with Gasteiger partial charge < -0.3 is 10.1 Å². The summed E-state index contributed by atoms with van der Waals surface area (Å²) in [6, 6.07) is 6.96. The molecule has 0 atom stereocenters. The second-order valence-corrected chi connectivity index (χ2v) is 4.83. The van der Waals surface area contributed by atoms with Crippen molar-refractivity contribution in [3.05, 3.63) is 23.8 Å². The molecule has 2 nitrogen and oxygen atoms in total. The van der Waals surface area contributed by atoms with E-state index in [0.29, 0.717) is 6.04 Å². The van der Waals surface area contributed by atoms with E-state index in [0.717, 1.165) is 18.8 Å². The van der Waals surface area contributed by atoms with Gasteiger partial charge in [-0.15, -0.1) is 0 Å². The van der Waals surface area contributed by atoms with Crippen LogP contribution in [0.2, 0.25) is 0 Å². The van der Waals surface area contributed by atoms with E-state index in [1.54, 1.807) is 0 Å². The van der Waals surface area contributed by atoms with Gasteiger partial charge in [0.15, 0.2) is 0 Å². The number of fused-ring (bicyclic) bond motifs is 1. The van der Waals surface area contributed by atoms with Gasteiger partial charge in [0.05, 0.1) is 6.61 Å². The molecule has 1 aromatic rings. The Morgan fingerprint density at radius 3 is 3.07 bits per heavy atom. The molecule has 1 aromatic carbocycles. The molecular formula is C11H13NOS. The number of nitrogens with one attached hydrogen (secondary N) is 1. The van der Waals surface area contributed by atoms with E-state index in [-0.39, 0.29) is 0 Å². The Bertz CT molecular complexity index is 349. The minimum Gasteiger partial charge on any atom is -0.493 e. The van der Waals surface area contributed by atoms with Gasteiger partial charge in [-0.25, -0.2) is 0 Å². The maximum atomic E-state index is 5.53. The number of anilines is 1. The van der Waals surface area contributed by atoms with Gasteiger partial charge in [-0.05, 0) is 12.1 Å². The summed E-state index contributed by atoms with van der Waals surface area (Å²) in [6.07, 6.45) is 1.05. The third-order valence-electron chi connectivity index (χ3n) is 2.74. The minimum atomic E-state index is 0.673. The van der Waals surface area contributed by atoms with Crippen molar-refractivity contribution in [1.29, 1.82) is 0 Å². The fourth-order valence-electron chi connectivity index (χ4n) is 1.90. The second-order valence-electron chi connectivity index (χ2n) is 3.76. The molecule has 0 radical (unpaired) electrons. The third kappa shape index (κ3) is 1.36. The molecule has 0 amide bonds. The highest BCUT2D eigenvalue weighted by Gasteiger charge is 2.21. The van der Waals surface area contributed by atoms with Crippen LogP contribution in [0.4, 0.5) is 5.69 Å². The van der Waals surface area contributed by atoms with Crippen LogP contribution in [0.1, 0.15) is 5.56 Å². The zero-order valence-electron chi connectivity index (χ0n) is 7.95. The van der Waals surface area contributed by atoms with Crippen LogP contribution in [0.25, 0.3) is 0 Å². The van der Waals surface area contributed by atoms with Crippen molar-refractivity contribution in [1.82, 2.24) is 0 Å². The molecule has 0 spiro atoms. The molecule has 3 heteroatoms. The summed E-state index contributed by atoms with van der Waals surface area (Å²) in [4.78, 5) is 0. The lowest BCUT2D eigenvalue weighted by Gasteiger charge is -2.27. The van der Waals surface area contributed by atoms with E-state index in [2.05, 4.69) is 23.5 Å². The number of benzene rings is 1. The van der Waals surface area contributed by atoms with Crippen molar-refractivity contribution in [2.75, 3.05) is 23.4 Å².